The minimum Gasteiger partial charge on any atom is -0.375 e. The normalized spacial score (nSPS) is 23.6. The second-order valence-corrected chi connectivity index (χ2v) is 14.7. The van der Waals surface area contributed by atoms with E-state index in [0.717, 1.165) is 24.8 Å². The van der Waals surface area contributed by atoms with Gasteiger partial charge in [0.1, 0.15) is 0 Å². The third-order valence-electron chi connectivity index (χ3n) is 10.2. The van der Waals surface area contributed by atoms with E-state index in [-0.39, 0.29) is 0 Å². The van der Waals surface area contributed by atoms with Gasteiger partial charge in [-0.3, -0.25) is 0 Å². The molecule has 0 saturated carbocycles. The first-order chi connectivity index (χ1) is 19.7. The van der Waals surface area contributed by atoms with E-state index in [4.69, 9.17) is 0 Å². The summed E-state index contributed by atoms with van der Waals surface area (Å²) in [6, 6.07) is 10.4. The molecule has 0 aromatic heterocycles. The zero-order valence-corrected chi connectivity index (χ0v) is 27.2. The van der Waals surface area contributed by atoms with Crippen LogP contribution in [0.15, 0.2) is 55.3 Å². The van der Waals surface area contributed by atoms with E-state index in [2.05, 4.69) is 86.0 Å². The summed E-state index contributed by atoms with van der Waals surface area (Å²) in [7, 11) is 2.25. The molecule has 3 heteroatoms. The molecular formula is C38H61N3. The van der Waals surface area contributed by atoms with E-state index >= 15 is 0 Å². The van der Waals surface area contributed by atoms with Crippen LogP contribution < -0.4 is 0 Å². The summed E-state index contributed by atoms with van der Waals surface area (Å²) in [6.45, 7) is 22.5. The van der Waals surface area contributed by atoms with Crippen LogP contribution >= 0.6 is 0 Å². The Kier molecular flexibility index (Phi) is 12.2. The molecule has 3 saturated heterocycles. The number of hydrogen-bond donors (Lipinski definition) is 0. The van der Waals surface area contributed by atoms with Crippen molar-refractivity contribution in [1.82, 2.24) is 14.7 Å². The van der Waals surface area contributed by atoms with Gasteiger partial charge in [-0.15, -0.1) is 6.58 Å². The lowest BCUT2D eigenvalue weighted by Gasteiger charge is -2.41. The Balaban J connectivity index is 0.000000493. The number of nitrogens with zero attached hydrogens (tertiary/aromatic N) is 3. The molecule has 0 bridgehead atoms. The lowest BCUT2D eigenvalue weighted by Crippen LogP contribution is -2.44. The summed E-state index contributed by atoms with van der Waals surface area (Å²) in [5, 5.41) is 0. The highest BCUT2D eigenvalue weighted by molar-refractivity contribution is 5.66. The summed E-state index contributed by atoms with van der Waals surface area (Å²) in [4.78, 5) is 7.84. The molecule has 1 aromatic rings. The van der Waals surface area contributed by atoms with Crippen LogP contribution in [0.25, 0.3) is 5.57 Å². The molecule has 1 aromatic carbocycles. The lowest BCUT2D eigenvalue weighted by atomic mass is 9.84. The van der Waals surface area contributed by atoms with Crippen LogP contribution in [0.4, 0.5) is 0 Å². The number of hydrogen-bond acceptors (Lipinski definition) is 3. The van der Waals surface area contributed by atoms with Gasteiger partial charge in [-0.1, -0.05) is 63.8 Å². The molecule has 3 fully saturated rings. The molecule has 0 N–H and O–H groups in total. The number of piperidine rings is 2. The highest BCUT2D eigenvalue weighted by Crippen LogP contribution is 2.36. The molecule has 228 valence electrons. The first-order valence-electron chi connectivity index (χ1n) is 17.0. The van der Waals surface area contributed by atoms with Gasteiger partial charge in [-0.25, -0.2) is 0 Å². The van der Waals surface area contributed by atoms with Crippen LogP contribution in [-0.4, -0.2) is 67.1 Å². The van der Waals surface area contributed by atoms with Crippen LogP contribution in [0.5, 0.6) is 0 Å². The summed E-state index contributed by atoms with van der Waals surface area (Å²) in [5.74, 6) is 1.56. The van der Waals surface area contributed by atoms with E-state index in [1.54, 1.807) is 5.57 Å². The highest BCUT2D eigenvalue weighted by atomic mass is 15.2. The van der Waals surface area contributed by atoms with E-state index < -0.39 is 0 Å². The molecule has 41 heavy (non-hydrogen) atoms. The topological polar surface area (TPSA) is 9.72 Å². The van der Waals surface area contributed by atoms with Crippen molar-refractivity contribution < 1.29 is 0 Å². The zero-order valence-electron chi connectivity index (χ0n) is 27.2. The van der Waals surface area contributed by atoms with Gasteiger partial charge >= 0.3 is 0 Å². The van der Waals surface area contributed by atoms with Crippen molar-refractivity contribution in [2.75, 3.05) is 46.3 Å². The third-order valence-corrected chi connectivity index (χ3v) is 10.2. The second-order valence-electron chi connectivity index (χ2n) is 14.7. The first kappa shape index (κ1) is 32.1. The Bertz CT molecular complexity index is 962. The highest BCUT2D eigenvalue weighted by Gasteiger charge is 2.29. The van der Waals surface area contributed by atoms with Crippen LogP contribution in [0, 0.1) is 17.3 Å². The minimum atomic E-state index is 0.432. The van der Waals surface area contributed by atoms with Crippen molar-refractivity contribution >= 4 is 5.57 Å². The Labute approximate surface area is 253 Å². The molecule has 0 spiro atoms. The van der Waals surface area contributed by atoms with Gasteiger partial charge in [0.2, 0.25) is 0 Å². The first-order valence-corrected chi connectivity index (χ1v) is 17.0. The number of allylic oxidation sites excluding steroid dienone is 4. The number of aryl methyl sites for hydroxylation is 1. The van der Waals surface area contributed by atoms with Crippen LogP contribution in [0.2, 0.25) is 0 Å². The van der Waals surface area contributed by atoms with Gasteiger partial charge in [0.15, 0.2) is 0 Å². The quantitative estimate of drug-likeness (QED) is 0.295. The van der Waals surface area contributed by atoms with Gasteiger partial charge < -0.3 is 14.7 Å². The Hall–Kier alpha value is -1.84. The maximum Gasteiger partial charge on any atom is 0.0189 e. The molecule has 3 aliphatic heterocycles. The fraction of sp³-hybridized carbons (Fsp3) is 0.684. The fourth-order valence-electron chi connectivity index (χ4n) is 7.32. The van der Waals surface area contributed by atoms with Gasteiger partial charge in [0.05, 0.1) is 0 Å². The predicted molar refractivity (Wildman–Crippen MR) is 179 cm³/mol. The Morgan fingerprint density at radius 2 is 1.56 bits per heavy atom. The molecule has 4 aliphatic rings. The zero-order chi connectivity index (χ0) is 29.2. The van der Waals surface area contributed by atoms with Crippen molar-refractivity contribution in [3.05, 3.63) is 66.4 Å². The van der Waals surface area contributed by atoms with Crippen molar-refractivity contribution in [3.8, 4) is 0 Å². The molecule has 3 nitrogen and oxygen atoms in total. The minimum absolute atomic E-state index is 0.432. The summed E-state index contributed by atoms with van der Waals surface area (Å²) < 4.78 is 0. The molecular weight excluding hydrogens is 498 g/mol. The molecule has 1 aliphatic carbocycles. The van der Waals surface area contributed by atoms with Crippen LogP contribution in [0.3, 0.4) is 0 Å². The largest absolute Gasteiger partial charge is 0.375 e. The lowest BCUT2D eigenvalue weighted by molar-refractivity contribution is 0.139. The molecule has 0 amide bonds. The van der Waals surface area contributed by atoms with E-state index in [1.807, 2.05) is 6.08 Å². The number of likely N-dealkylation sites (tertiary alicyclic amines) is 3. The van der Waals surface area contributed by atoms with Crippen molar-refractivity contribution in [2.24, 2.45) is 17.3 Å². The predicted octanol–water partition coefficient (Wildman–Crippen LogP) is 8.83. The molecule has 0 radical (unpaired) electrons. The monoisotopic (exact) mass is 559 g/mol. The van der Waals surface area contributed by atoms with Gasteiger partial charge in [-0.2, -0.15) is 0 Å². The average Bonchev–Trinajstić information content (AvgIpc) is 3.52. The number of rotatable bonds is 8. The van der Waals surface area contributed by atoms with E-state index in [1.165, 1.54) is 120 Å². The smallest absolute Gasteiger partial charge is 0.0189 e. The molecule has 1 atom stereocenters. The maximum atomic E-state index is 4.58. The molecule has 5 rings (SSSR count). The van der Waals surface area contributed by atoms with Gasteiger partial charge in [0, 0.05) is 30.7 Å². The van der Waals surface area contributed by atoms with Gasteiger partial charge in [0.25, 0.3) is 0 Å². The third kappa shape index (κ3) is 10.1. The van der Waals surface area contributed by atoms with Crippen LogP contribution in [-0.2, 0) is 6.42 Å². The van der Waals surface area contributed by atoms with Crippen molar-refractivity contribution in [3.63, 3.8) is 0 Å². The summed E-state index contributed by atoms with van der Waals surface area (Å²) in [6.07, 6.45) is 20.0. The van der Waals surface area contributed by atoms with E-state index in [9.17, 15) is 0 Å². The second kappa shape index (κ2) is 15.6. The maximum absolute atomic E-state index is 4.58. The van der Waals surface area contributed by atoms with Gasteiger partial charge in [-0.05, 0) is 138 Å². The van der Waals surface area contributed by atoms with Crippen molar-refractivity contribution in [2.45, 2.75) is 104 Å². The number of benzene rings is 1. The van der Waals surface area contributed by atoms with Crippen molar-refractivity contribution in [1.29, 1.82) is 0 Å². The molecule has 3 heterocycles. The summed E-state index contributed by atoms with van der Waals surface area (Å²) >= 11 is 0. The Morgan fingerprint density at radius 3 is 2.10 bits per heavy atom. The standard InChI is InChI=1S/C31H47N3.C7H14/c1-25(33-23-17-31(18-24-33)34-19-3-4-20-34)28-11-13-30(14-12-28)29-9-7-26(8-10-29)5-6-27-15-21-32(2)22-16-27;1-5-6-7(2,3)4/h7-10,13,27-28,31H,1,3-6,11-12,14-24H2,2H3;5H,1,6H2,2-4H3. The average molecular weight is 560 g/mol. The molecule has 1 unspecified atom stereocenters. The Morgan fingerprint density at radius 1 is 0.902 bits per heavy atom. The SMILES string of the molecule is C=C(C1CC=C(c2ccc(CCC3CCN(C)CC3)cc2)CC1)N1CCC(N2CCCC2)CC1.C=CCC(C)(C)C. The summed E-state index contributed by atoms with van der Waals surface area (Å²) in [5.41, 5.74) is 6.36. The van der Waals surface area contributed by atoms with Crippen LogP contribution in [0.1, 0.15) is 103 Å². The van der Waals surface area contributed by atoms with E-state index in [0.29, 0.717) is 11.3 Å². The fourth-order valence-corrected chi connectivity index (χ4v) is 7.32.